The zero-order chi connectivity index (χ0) is 8.97. The topological polar surface area (TPSA) is 15.3 Å². The highest BCUT2D eigenvalue weighted by molar-refractivity contribution is 4.81. The molecule has 0 aromatic carbocycles. The van der Waals surface area contributed by atoms with Gasteiger partial charge in [0.05, 0.1) is 0 Å². The Kier molecular flexibility index (Phi) is 4.02. The lowest BCUT2D eigenvalue weighted by Crippen LogP contribution is -2.39. The van der Waals surface area contributed by atoms with Crippen molar-refractivity contribution in [3.8, 4) is 0 Å². The minimum absolute atomic E-state index is 0.750. The maximum atomic E-state index is 3.41. The fourth-order valence-electron chi connectivity index (χ4n) is 1.97. The summed E-state index contributed by atoms with van der Waals surface area (Å²) in [5.74, 6) is 0. The molecule has 2 nitrogen and oxygen atoms in total. The predicted molar refractivity (Wildman–Crippen MR) is 53.4 cm³/mol. The number of rotatable bonds is 4. The van der Waals surface area contributed by atoms with Gasteiger partial charge in [-0.2, -0.15) is 0 Å². The second kappa shape index (κ2) is 4.83. The Morgan fingerprint density at radius 3 is 2.83 bits per heavy atom. The van der Waals surface area contributed by atoms with Crippen molar-refractivity contribution in [1.82, 2.24) is 10.2 Å². The Morgan fingerprint density at radius 2 is 2.33 bits per heavy atom. The summed E-state index contributed by atoms with van der Waals surface area (Å²) in [7, 11) is 2.26. The summed E-state index contributed by atoms with van der Waals surface area (Å²) in [6.07, 6.45) is 3.95. The van der Waals surface area contributed by atoms with E-state index >= 15 is 0 Å². The van der Waals surface area contributed by atoms with E-state index in [1.54, 1.807) is 0 Å². The maximum Gasteiger partial charge on any atom is 0.0232 e. The number of nitrogens with one attached hydrogen (secondary N) is 1. The van der Waals surface area contributed by atoms with E-state index in [1.807, 2.05) is 0 Å². The van der Waals surface area contributed by atoms with Crippen LogP contribution in [0, 0.1) is 0 Å². The van der Waals surface area contributed by atoms with Crippen molar-refractivity contribution >= 4 is 0 Å². The molecule has 2 unspecified atom stereocenters. The minimum Gasteiger partial charge on any atom is -0.315 e. The molecule has 1 saturated heterocycles. The van der Waals surface area contributed by atoms with Gasteiger partial charge in [-0.15, -0.1) is 0 Å². The van der Waals surface area contributed by atoms with E-state index in [-0.39, 0.29) is 0 Å². The third kappa shape index (κ3) is 2.46. The van der Waals surface area contributed by atoms with Crippen LogP contribution in [0.3, 0.4) is 0 Å². The van der Waals surface area contributed by atoms with Gasteiger partial charge < -0.3 is 5.32 Å². The van der Waals surface area contributed by atoms with Gasteiger partial charge in [0.25, 0.3) is 0 Å². The van der Waals surface area contributed by atoms with E-state index in [1.165, 1.54) is 32.4 Å². The van der Waals surface area contributed by atoms with Gasteiger partial charge in [0.15, 0.2) is 0 Å². The largest absolute Gasteiger partial charge is 0.315 e. The molecule has 1 heterocycles. The molecule has 0 radical (unpaired) electrons. The third-order valence-corrected chi connectivity index (χ3v) is 3.01. The van der Waals surface area contributed by atoms with Crippen LogP contribution in [0.15, 0.2) is 0 Å². The third-order valence-electron chi connectivity index (χ3n) is 3.01. The lowest BCUT2D eigenvalue weighted by molar-refractivity contribution is 0.186. The molecular formula is C10H22N2. The highest BCUT2D eigenvalue weighted by Crippen LogP contribution is 2.12. The van der Waals surface area contributed by atoms with E-state index in [2.05, 4.69) is 31.1 Å². The van der Waals surface area contributed by atoms with Gasteiger partial charge >= 0.3 is 0 Å². The first-order valence-electron chi connectivity index (χ1n) is 5.18. The minimum atomic E-state index is 0.750. The number of nitrogens with zero attached hydrogens (tertiary/aromatic N) is 1. The van der Waals surface area contributed by atoms with Gasteiger partial charge in [0.2, 0.25) is 0 Å². The Hall–Kier alpha value is -0.0800. The summed E-state index contributed by atoms with van der Waals surface area (Å²) < 4.78 is 0. The summed E-state index contributed by atoms with van der Waals surface area (Å²) in [6.45, 7) is 6.98. The quantitative estimate of drug-likeness (QED) is 0.687. The van der Waals surface area contributed by atoms with Crippen molar-refractivity contribution in [3.05, 3.63) is 0 Å². The monoisotopic (exact) mass is 170 g/mol. The van der Waals surface area contributed by atoms with Crippen molar-refractivity contribution in [1.29, 1.82) is 0 Å². The molecule has 0 saturated carbocycles. The molecule has 0 bridgehead atoms. The highest BCUT2D eigenvalue weighted by atomic mass is 15.2. The summed E-state index contributed by atoms with van der Waals surface area (Å²) in [6, 6.07) is 1.53. The first-order chi connectivity index (χ1) is 5.75. The second-order valence-electron chi connectivity index (χ2n) is 3.95. The fourth-order valence-corrected chi connectivity index (χ4v) is 1.97. The predicted octanol–water partition coefficient (Wildman–Crippen LogP) is 1.47. The molecule has 0 spiro atoms. The molecule has 0 aromatic rings. The summed E-state index contributed by atoms with van der Waals surface area (Å²) >= 11 is 0. The second-order valence-corrected chi connectivity index (χ2v) is 3.95. The van der Waals surface area contributed by atoms with E-state index < -0.39 is 0 Å². The number of hydrogen-bond donors (Lipinski definition) is 1. The van der Waals surface area contributed by atoms with Gasteiger partial charge in [-0.25, -0.2) is 0 Å². The lowest BCUT2D eigenvalue weighted by atomic mass is 10.1. The van der Waals surface area contributed by atoms with Gasteiger partial charge in [-0.1, -0.05) is 13.3 Å². The molecule has 0 amide bonds. The summed E-state index contributed by atoms with van der Waals surface area (Å²) in [5.41, 5.74) is 0. The number of hydrogen-bond acceptors (Lipinski definition) is 2. The van der Waals surface area contributed by atoms with Crippen molar-refractivity contribution in [3.63, 3.8) is 0 Å². The van der Waals surface area contributed by atoms with Crippen LogP contribution in [0.2, 0.25) is 0 Å². The normalized spacial score (nSPS) is 26.5. The SMILES string of the molecule is CCCC(C)N(C)C1CCNC1. The van der Waals surface area contributed by atoms with Gasteiger partial charge in [0.1, 0.15) is 0 Å². The first-order valence-corrected chi connectivity index (χ1v) is 5.18. The average Bonchev–Trinajstić information content (AvgIpc) is 2.55. The molecule has 1 N–H and O–H groups in total. The van der Waals surface area contributed by atoms with Gasteiger partial charge in [-0.3, -0.25) is 4.90 Å². The van der Waals surface area contributed by atoms with Crippen molar-refractivity contribution in [2.45, 2.75) is 45.2 Å². The molecule has 12 heavy (non-hydrogen) atoms. The Morgan fingerprint density at radius 1 is 1.58 bits per heavy atom. The van der Waals surface area contributed by atoms with E-state index in [0.29, 0.717) is 0 Å². The summed E-state index contributed by atoms with van der Waals surface area (Å²) in [5, 5.41) is 3.41. The van der Waals surface area contributed by atoms with Crippen molar-refractivity contribution in [2.24, 2.45) is 0 Å². The van der Waals surface area contributed by atoms with Crippen molar-refractivity contribution in [2.75, 3.05) is 20.1 Å². The maximum absolute atomic E-state index is 3.41. The smallest absolute Gasteiger partial charge is 0.0232 e. The van der Waals surface area contributed by atoms with Crippen LogP contribution in [-0.4, -0.2) is 37.1 Å². The van der Waals surface area contributed by atoms with Gasteiger partial charge in [-0.05, 0) is 33.4 Å². The molecular weight excluding hydrogens is 148 g/mol. The molecule has 72 valence electrons. The molecule has 2 atom stereocenters. The average molecular weight is 170 g/mol. The molecule has 0 aliphatic carbocycles. The van der Waals surface area contributed by atoms with Crippen LogP contribution in [0.4, 0.5) is 0 Å². The molecule has 2 heteroatoms. The molecule has 1 aliphatic heterocycles. The van der Waals surface area contributed by atoms with Crippen LogP contribution >= 0.6 is 0 Å². The van der Waals surface area contributed by atoms with E-state index in [0.717, 1.165) is 12.1 Å². The Balaban J connectivity index is 2.29. The first kappa shape index (κ1) is 10.0. The molecule has 1 fully saturated rings. The van der Waals surface area contributed by atoms with Crippen LogP contribution in [0.25, 0.3) is 0 Å². The van der Waals surface area contributed by atoms with E-state index in [9.17, 15) is 0 Å². The zero-order valence-corrected chi connectivity index (χ0v) is 8.64. The van der Waals surface area contributed by atoms with Crippen molar-refractivity contribution < 1.29 is 0 Å². The van der Waals surface area contributed by atoms with Gasteiger partial charge in [0, 0.05) is 18.6 Å². The highest BCUT2D eigenvalue weighted by Gasteiger charge is 2.21. The van der Waals surface area contributed by atoms with Crippen LogP contribution in [0.5, 0.6) is 0 Å². The lowest BCUT2D eigenvalue weighted by Gasteiger charge is -2.29. The Bertz CT molecular complexity index is 119. The molecule has 0 aromatic heterocycles. The molecule has 1 aliphatic rings. The Labute approximate surface area is 76.3 Å². The fraction of sp³-hybridized carbons (Fsp3) is 1.00. The van der Waals surface area contributed by atoms with Crippen LogP contribution in [-0.2, 0) is 0 Å². The number of likely N-dealkylation sites (N-methyl/N-ethyl adjacent to an activating group) is 1. The van der Waals surface area contributed by atoms with Crippen LogP contribution in [0.1, 0.15) is 33.1 Å². The van der Waals surface area contributed by atoms with E-state index in [4.69, 9.17) is 0 Å². The molecule has 1 rings (SSSR count). The summed E-state index contributed by atoms with van der Waals surface area (Å²) in [4.78, 5) is 2.53. The van der Waals surface area contributed by atoms with Crippen LogP contribution < -0.4 is 5.32 Å². The standard InChI is InChI=1S/C10H22N2/c1-4-5-9(2)12(3)10-6-7-11-8-10/h9-11H,4-8H2,1-3H3. The zero-order valence-electron chi connectivity index (χ0n) is 8.64.